The summed E-state index contributed by atoms with van der Waals surface area (Å²) in [5.74, 6) is 1.04. The minimum atomic E-state index is 0.900. The SMILES string of the molecule is c1cn2nc(N3CCCNCC3)ccc2n1. The van der Waals surface area contributed by atoms with Gasteiger partial charge < -0.3 is 10.2 Å². The van der Waals surface area contributed by atoms with E-state index in [1.165, 1.54) is 6.42 Å². The standard InChI is InChI=1S/C11H15N5/c1-4-12-5-8-15(7-1)11-3-2-10-13-6-9-16(10)14-11/h2-3,6,9,12H,1,4-5,7-8H2. The van der Waals surface area contributed by atoms with Crippen LogP contribution in [-0.2, 0) is 0 Å². The molecule has 3 heterocycles. The number of imidazole rings is 1. The molecule has 1 aliphatic heterocycles. The van der Waals surface area contributed by atoms with Gasteiger partial charge in [0.25, 0.3) is 0 Å². The highest BCUT2D eigenvalue weighted by atomic mass is 15.3. The topological polar surface area (TPSA) is 45.5 Å². The van der Waals surface area contributed by atoms with E-state index in [2.05, 4.69) is 20.3 Å². The third-order valence-electron chi connectivity index (χ3n) is 2.91. The van der Waals surface area contributed by atoms with Crippen LogP contribution in [0.1, 0.15) is 6.42 Å². The van der Waals surface area contributed by atoms with E-state index in [0.717, 1.165) is 37.6 Å². The van der Waals surface area contributed by atoms with Crippen LogP contribution in [-0.4, -0.2) is 40.8 Å². The number of fused-ring (bicyclic) bond motifs is 1. The van der Waals surface area contributed by atoms with E-state index >= 15 is 0 Å². The highest BCUT2D eigenvalue weighted by Crippen LogP contribution is 2.12. The molecule has 0 bridgehead atoms. The third kappa shape index (κ3) is 1.74. The van der Waals surface area contributed by atoms with E-state index in [9.17, 15) is 0 Å². The maximum absolute atomic E-state index is 4.55. The van der Waals surface area contributed by atoms with Gasteiger partial charge in [-0.1, -0.05) is 0 Å². The number of hydrogen-bond donors (Lipinski definition) is 1. The number of rotatable bonds is 1. The zero-order valence-corrected chi connectivity index (χ0v) is 9.13. The number of nitrogens with one attached hydrogen (secondary N) is 1. The van der Waals surface area contributed by atoms with Crippen LogP contribution in [0, 0.1) is 0 Å². The Morgan fingerprint density at radius 1 is 1.19 bits per heavy atom. The molecule has 5 heteroatoms. The summed E-state index contributed by atoms with van der Waals surface area (Å²) in [4.78, 5) is 6.51. The molecule has 3 rings (SSSR count). The van der Waals surface area contributed by atoms with Gasteiger partial charge in [-0.25, -0.2) is 9.50 Å². The molecular weight excluding hydrogens is 202 g/mol. The van der Waals surface area contributed by atoms with E-state index in [-0.39, 0.29) is 0 Å². The van der Waals surface area contributed by atoms with E-state index in [1.807, 2.05) is 22.8 Å². The fourth-order valence-electron chi connectivity index (χ4n) is 2.05. The monoisotopic (exact) mass is 217 g/mol. The van der Waals surface area contributed by atoms with Gasteiger partial charge in [0.1, 0.15) is 5.82 Å². The molecule has 0 saturated carbocycles. The summed E-state index contributed by atoms with van der Waals surface area (Å²) in [7, 11) is 0. The molecule has 1 N–H and O–H groups in total. The molecule has 0 atom stereocenters. The lowest BCUT2D eigenvalue weighted by atomic mass is 10.4. The molecule has 0 aliphatic carbocycles. The summed E-state index contributed by atoms with van der Waals surface area (Å²) >= 11 is 0. The van der Waals surface area contributed by atoms with Gasteiger partial charge in [-0.05, 0) is 25.1 Å². The quantitative estimate of drug-likeness (QED) is 0.757. The Labute approximate surface area is 94.1 Å². The summed E-state index contributed by atoms with van der Waals surface area (Å²) in [5.41, 5.74) is 0.900. The van der Waals surface area contributed by atoms with Gasteiger partial charge in [0.2, 0.25) is 0 Å². The zero-order valence-electron chi connectivity index (χ0n) is 9.13. The van der Waals surface area contributed by atoms with Crippen LogP contribution < -0.4 is 10.2 Å². The average molecular weight is 217 g/mol. The summed E-state index contributed by atoms with van der Waals surface area (Å²) in [5, 5.41) is 7.94. The van der Waals surface area contributed by atoms with Crippen LogP contribution in [0.5, 0.6) is 0 Å². The van der Waals surface area contributed by atoms with Gasteiger partial charge in [-0.15, -0.1) is 5.10 Å². The maximum Gasteiger partial charge on any atom is 0.153 e. The highest BCUT2D eigenvalue weighted by molar-refractivity contribution is 5.45. The first-order valence-electron chi connectivity index (χ1n) is 5.69. The molecule has 0 unspecified atom stereocenters. The molecule has 2 aromatic heterocycles. The predicted molar refractivity (Wildman–Crippen MR) is 62.7 cm³/mol. The van der Waals surface area contributed by atoms with Gasteiger partial charge in [0, 0.05) is 32.0 Å². The molecule has 0 spiro atoms. The van der Waals surface area contributed by atoms with Crippen molar-refractivity contribution < 1.29 is 0 Å². The molecule has 1 fully saturated rings. The van der Waals surface area contributed by atoms with Crippen molar-refractivity contribution in [2.24, 2.45) is 0 Å². The Kier molecular flexibility index (Phi) is 2.46. The first kappa shape index (κ1) is 9.59. The van der Waals surface area contributed by atoms with Crippen molar-refractivity contribution in [2.45, 2.75) is 6.42 Å². The third-order valence-corrected chi connectivity index (χ3v) is 2.91. The molecule has 0 radical (unpaired) electrons. The first-order chi connectivity index (χ1) is 7.93. The Morgan fingerprint density at radius 2 is 2.19 bits per heavy atom. The molecule has 84 valence electrons. The van der Waals surface area contributed by atoms with Crippen molar-refractivity contribution in [3.05, 3.63) is 24.5 Å². The van der Waals surface area contributed by atoms with Crippen molar-refractivity contribution in [3.8, 4) is 0 Å². The molecule has 0 aromatic carbocycles. The predicted octanol–water partition coefficient (Wildman–Crippen LogP) is 0.529. The first-order valence-corrected chi connectivity index (χ1v) is 5.69. The minimum absolute atomic E-state index is 0.900. The number of aromatic nitrogens is 3. The molecule has 0 amide bonds. The average Bonchev–Trinajstić information content (AvgIpc) is 2.61. The van der Waals surface area contributed by atoms with Crippen molar-refractivity contribution >= 4 is 11.5 Å². The summed E-state index contributed by atoms with van der Waals surface area (Å²) < 4.78 is 1.83. The van der Waals surface area contributed by atoms with Crippen LogP contribution in [0.15, 0.2) is 24.5 Å². The summed E-state index contributed by atoms with van der Waals surface area (Å²) in [6.45, 7) is 4.22. The Morgan fingerprint density at radius 3 is 3.19 bits per heavy atom. The smallest absolute Gasteiger partial charge is 0.153 e. The molecule has 1 aliphatic rings. The number of anilines is 1. The van der Waals surface area contributed by atoms with E-state index in [4.69, 9.17) is 0 Å². The van der Waals surface area contributed by atoms with Gasteiger partial charge in [-0.2, -0.15) is 0 Å². The van der Waals surface area contributed by atoms with Crippen LogP contribution in [0.25, 0.3) is 5.65 Å². The fraction of sp³-hybridized carbons (Fsp3) is 0.455. The normalized spacial score (nSPS) is 17.6. The summed E-state index contributed by atoms with van der Waals surface area (Å²) in [6.07, 6.45) is 4.83. The van der Waals surface area contributed by atoms with Crippen molar-refractivity contribution in [3.63, 3.8) is 0 Å². The largest absolute Gasteiger partial charge is 0.354 e. The molecule has 5 nitrogen and oxygen atoms in total. The van der Waals surface area contributed by atoms with Crippen molar-refractivity contribution in [1.29, 1.82) is 0 Å². The maximum atomic E-state index is 4.55. The van der Waals surface area contributed by atoms with Gasteiger partial charge in [-0.3, -0.25) is 0 Å². The Hall–Kier alpha value is -1.62. The molecular formula is C11H15N5. The number of hydrogen-bond acceptors (Lipinski definition) is 4. The van der Waals surface area contributed by atoms with Gasteiger partial charge in [0.05, 0.1) is 0 Å². The highest BCUT2D eigenvalue weighted by Gasteiger charge is 2.11. The second-order valence-corrected chi connectivity index (χ2v) is 4.01. The van der Waals surface area contributed by atoms with Crippen LogP contribution >= 0.6 is 0 Å². The minimum Gasteiger partial charge on any atom is -0.354 e. The van der Waals surface area contributed by atoms with E-state index < -0.39 is 0 Å². The Bertz CT molecular complexity index is 470. The lowest BCUT2D eigenvalue weighted by Gasteiger charge is -2.20. The van der Waals surface area contributed by atoms with Crippen LogP contribution in [0.4, 0.5) is 5.82 Å². The van der Waals surface area contributed by atoms with Crippen molar-refractivity contribution in [2.75, 3.05) is 31.1 Å². The van der Waals surface area contributed by atoms with Gasteiger partial charge in [0.15, 0.2) is 5.65 Å². The van der Waals surface area contributed by atoms with Gasteiger partial charge >= 0.3 is 0 Å². The molecule has 16 heavy (non-hydrogen) atoms. The zero-order chi connectivity index (χ0) is 10.8. The van der Waals surface area contributed by atoms with E-state index in [0.29, 0.717) is 0 Å². The number of nitrogens with zero attached hydrogens (tertiary/aromatic N) is 4. The molecule has 1 saturated heterocycles. The fourth-order valence-corrected chi connectivity index (χ4v) is 2.05. The van der Waals surface area contributed by atoms with Crippen LogP contribution in [0.2, 0.25) is 0 Å². The lowest BCUT2D eigenvalue weighted by molar-refractivity contribution is 0.724. The van der Waals surface area contributed by atoms with E-state index in [1.54, 1.807) is 6.20 Å². The lowest BCUT2D eigenvalue weighted by Crippen LogP contribution is -2.28. The summed E-state index contributed by atoms with van der Waals surface area (Å²) in [6, 6.07) is 4.06. The second-order valence-electron chi connectivity index (χ2n) is 4.01. The Balaban J connectivity index is 1.91. The molecule has 2 aromatic rings. The van der Waals surface area contributed by atoms with Crippen LogP contribution in [0.3, 0.4) is 0 Å². The van der Waals surface area contributed by atoms with Crippen molar-refractivity contribution in [1.82, 2.24) is 19.9 Å². The second kappa shape index (κ2) is 4.09.